The molecule has 3 atom stereocenters. The van der Waals surface area contributed by atoms with E-state index in [9.17, 15) is 19.1 Å². The Morgan fingerprint density at radius 3 is 2.74 bits per heavy atom. The van der Waals surface area contributed by atoms with E-state index in [1.54, 1.807) is 11.9 Å². The third-order valence-corrected chi connectivity index (χ3v) is 7.56. The molecule has 0 aliphatic carbocycles. The molecule has 186 valence electrons. The van der Waals surface area contributed by atoms with Gasteiger partial charge in [0.1, 0.15) is 5.82 Å². The maximum absolute atomic E-state index is 14.6. The molecule has 8 nitrogen and oxygen atoms in total. The van der Waals surface area contributed by atoms with Crippen molar-refractivity contribution in [3.8, 4) is 0 Å². The number of β-amino-alcohol motifs (C(OH)–C–C–N with tert-alkyl or cyclic N) is 1. The van der Waals surface area contributed by atoms with Crippen LogP contribution in [0.1, 0.15) is 40.7 Å². The van der Waals surface area contributed by atoms with Gasteiger partial charge < -0.3 is 20.2 Å². The van der Waals surface area contributed by atoms with Crippen molar-refractivity contribution in [3.63, 3.8) is 0 Å². The standard InChI is InChI=1S/C26H32FN5O3/c1-30-9-7-19(12-25(30)34)29-24-13-20(21(27)14-28-24)26(35)32-11-8-22(23(33)16-32)31-10-6-17-4-2-3-5-18(17)15-31/h2-5,13-14,19,22-23,33H,6-12,15-16H2,1H3,(H,28,29)/t19?,22-,23-/m0/s1. The molecular weight excluding hydrogens is 449 g/mol. The van der Waals surface area contributed by atoms with E-state index in [0.717, 1.165) is 32.1 Å². The molecule has 0 radical (unpaired) electrons. The van der Waals surface area contributed by atoms with Crippen LogP contribution >= 0.6 is 0 Å². The number of pyridine rings is 1. The summed E-state index contributed by atoms with van der Waals surface area (Å²) in [5, 5.41) is 14.1. The summed E-state index contributed by atoms with van der Waals surface area (Å²) in [5.74, 6) is -0.723. The number of carbonyl (C=O) groups is 2. The minimum atomic E-state index is -0.703. The number of aliphatic hydroxyl groups is 1. The minimum Gasteiger partial charge on any atom is -0.390 e. The van der Waals surface area contributed by atoms with Gasteiger partial charge in [-0.15, -0.1) is 0 Å². The molecule has 5 rings (SSSR count). The zero-order valence-electron chi connectivity index (χ0n) is 20.0. The second-order valence-electron chi connectivity index (χ2n) is 9.86. The average Bonchev–Trinajstić information content (AvgIpc) is 2.86. The van der Waals surface area contributed by atoms with Gasteiger partial charge in [0.15, 0.2) is 5.82 Å². The van der Waals surface area contributed by atoms with Gasteiger partial charge in [-0.05, 0) is 36.5 Å². The van der Waals surface area contributed by atoms with Crippen molar-refractivity contribution >= 4 is 17.6 Å². The highest BCUT2D eigenvalue weighted by atomic mass is 19.1. The first kappa shape index (κ1) is 23.7. The molecule has 3 aliphatic rings. The van der Waals surface area contributed by atoms with E-state index in [0.29, 0.717) is 31.7 Å². The highest BCUT2D eigenvalue weighted by Crippen LogP contribution is 2.26. The highest BCUT2D eigenvalue weighted by molar-refractivity contribution is 5.95. The molecule has 0 bridgehead atoms. The van der Waals surface area contributed by atoms with E-state index < -0.39 is 17.8 Å². The molecule has 1 unspecified atom stereocenters. The third kappa shape index (κ3) is 5.01. The maximum Gasteiger partial charge on any atom is 0.257 e. The lowest BCUT2D eigenvalue weighted by molar-refractivity contribution is -0.132. The first-order valence-electron chi connectivity index (χ1n) is 12.3. The van der Waals surface area contributed by atoms with E-state index >= 15 is 0 Å². The molecule has 2 saturated heterocycles. The number of anilines is 1. The molecule has 1 aromatic carbocycles. The number of nitrogens with one attached hydrogen (secondary N) is 1. The Kier molecular flexibility index (Phi) is 6.71. The number of halogens is 1. The number of aromatic nitrogens is 1. The first-order valence-corrected chi connectivity index (χ1v) is 12.3. The van der Waals surface area contributed by atoms with Gasteiger partial charge in [-0.1, -0.05) is 24.3 Å². The number of piperidine rings is 2. The number of fused-ring (bicyclic) bond motifs is 1. The van der Waals surface area contributed by atoms with Crippen molar-refractivity contribution in [2.24, 2.45) is 0 Å². The predicted octanol–water partition coefficient (Wildman–Crippen LogP) is 1.89. The summed E-state index contributed by atoms with van der Waals surface area (Å²) in [6, 6.07) is 9.66. The average molecular weight is 482 g/mol. The van der Waals surface area contributed by atoms with Gasteiger partial charge in [0.25, 0.3) is 5.91 Å². The maximum atomic E-state index is 14.6. The van der Waals surface area contributed by atoms with Gasteiger partial charge in [-0.25, -0.2) is 9.37 Å². The number of amides is 2. The van der Waals surface area contributed by atoms with Gasteiger partial charge in [0.2, 0.25) is 5.91 Å². The fourth-order valence-corrected chi connectivity index (χ4v) is 5.46. The van der Waals surface area contributed by atoms with Crippen molar-refractivity contribution in [1.29, 1.82) is 0 Å². The predicted molar refractivity (Wildman–Crippen MR) is 129 cm³/mol. The molecule has 2 N–H and O–H groups in total. The summed E-state index contributed by atoms with van der Waals surface area (Å²) in [7, 11) is 1.77. The van der Waals surface area contributed by atoms with Crippen LogP contribution in [0, 0.1) is 5.82 Å². The summed E-state index contributed by atoms with van der Waals surface area (Å²) in [6.07, 6.45) is 3.00. The number of nitrogens with zero attached hydrogens (tertiary/aromatic N) is 4. The number of aliphatic hydroxyl groups excluding tert-OH is 1. The minimum absolute atomic E-state index is 0.0334. The second kappa shape index (κ2) is 9.91. The Hall–Kier alpha value is -3.04. The molecule has 3 aliphatic heterocycles. The molecular formula is C26H32FN5O3. The molecule has 0 saturated carbocycles. The Labute approximate surface area is 204 Å². The van der Waals surface area contributed by atoms with Crippen molar-refractivity contribution in [1.82, 2.24) is 19.7 Å². The van der Waals surface area contributed by atoms with Crippen molar-refractivity contribution in [2.75, 3.05) is 38.5 Å². The van der Waals surface area contributed by atoms with Crippen molar-refractivity contribution in [3.05, 3.63) is 59.0 Å². The number of carbonyl (C=O) groups excluding carboxylic acids is 2. The zero-order chi connectivity index (χ0) is 24.5. The lowest BCUT2D eigenvalue weighted by Crippen LogP contribution is -2.56. The van der Waals surface area contributed by atoms with Crippen molar-refractivity contribution in [2.45, 2.75) is 50.4 Å². The normalized spacial score (nSPS) is 25.3. The Bertz CT molecular complexity index is 1110. The fraction of sp³-hybridized carbons (Fsp3) is 0.500. The second-order valence-corrected chi connectivity index (χ2v) is 9.86. The summed E-state index contributed by atoms with van der Waals surface area (Å²) in [4.78, 5) is 34.8. The van der Waals surface area contributed by atoms with Crippen LogP contribution in [0.15, 0.2) is 36.5 Å². The van der Waals surface area contributed by atoms with Gasteiger partial charge in [-0.2, -0.15) is 0 Å². The Morgan fingerprint density at radius 1 is 1.17 bits per heavy atom. The van der Waals surface area contributed by atoms with Gasteiger partial charge >= 0.3 is 0 Å². The largest absolute Gasteiger partial charge is 0.390 e. The van der Waals surface area contributed by atoms with E-state index in [2.05, 4.69) is 33.4 Å². The van der Waals surface area contributed by atoms with Crippen LogP contribution in [-0.4, -0.2) is 88.0 Å². The Morgan fingerprint density at radius 2 is 1.97 bits per heavy atom. The lowest BCUT2D eigenvalue weighted by Gasteiger charge is -2.43. The summed E-state index contributed by atoms with van der Waals surface area (Å²) >= 11 is 0. The van der Waals surface area contributed by atoms with Crippen molar-refractivity contribution < 1.29 is 19.1 Å². The fourth-order valence-electron chi connectivity index (χ4n) is 5.46. The van der Waals surface area contributed by atoms with E-state index in [4.69, 9.17) is 0 Å². The molecule has 1 aromatic heterocycles. The van der Waals surface area contributed by atoms with E-state index in [1.165, 1.54) is 22.1 Å². The number of likely N-dealkylation sites (tertiary alicyclic amines) is 2. The first-order chi connectivity index (χ1) is 16.9. The smallest absolute Gasteiger partial charge is 0.257 e. The van der Waals surface area contributed by atoms with Crippen LogP contribution in [0.3, 0.4) is 0 Å². The van der Waals surface area contributed by atoms with Crippen LogP contribution < -0.4 is 5.32 Å². The molecule has 9 heteroatoms. The van der Waals surface area contributed by atoms with Crippen LogP contribution in [0.25, 0.3) is 0 Å². The monoisotopic (exact) mass is 481 g/mol. The van der Waals surface area contributed by atoms with E-state index in [1.807, 2.05) is 6.07 Å². The van der Waals surface area contributed by atoms with Gasteiger partial charge in [0.05, 0.1) is 17.9 Å². The van der Waals surface area contributed by atoms with E-state index in [-0.39, 0.29) is 30.1 Å². The number of rotatable bonds is 4. The third-order valence-electron chi connectivity index (χ3n) is 7.56. The number of benzene rings is 1. The van der Waals surface area contributed by atoms with Gasteiger partial charge in [-0.3, -0.25) is 14.5 Å². The molecule has 2 aromatic rings. The molecule has 2 fully saturated rings. The van der Waals surface area contributed by atoms with Crippen LogP contribution in [-0.2, 0) is 17.8 Å². The van der Waals surface area contributed by atoms with Crippen LogP contribution in [0.5, 0.6) is 0 Å². The summed E-state index contributed by atoms with van der Waals surface area (Å²) in [6.45, 7) is 2.92. The Balaban J connectivity index is 1.22. The zero-order valence-corrected chi connectivity index (χ0v) is 20.0. The molecule has 35 heavy (non-hydrogen) atoms. The van der Waals surface area contributed by atoms with Crippen LogP contribution in [0.2, 0.25) is 0 Å². The molecule has 2 amide bonds. The SMILES string of the molecule is CN1CCC(Nc2cc(C(=O)N3CC[C@H](N4CCc5ccccc5C4)[C@@H](O)C3)c(F)cn2)CC1=O. The number of hydrogen-bond acceptors (Lipinski definition) is 6. The molecule has 4 heterocycles. The van der Waals surface area contributed by atoms with Gasteiger partial charge in [0, 0.05) is 58.3 Å². The quantitative estimate of drug-likeness (QED) is 0.694. The summed E-state index contributed by atoms with van der Waals surface area (Å²) in [5.41, 5.74) is 2.57. The molecule has 0 spiro atoms. The van der Waals surface area contributed by atoms with Crippen LogP contribution in [0.4, 0.5) is 10.2 Å². The lowest BCUT2D eigenvalue weighted by atomic mass is 9.94. The number of hydrogen-bond donors (Lipinski definition) is 2. The topological polar surface area (TPSA) is 89.0 Å². The summed E-state index contributed by atoms with van der Waals surface area (Å²) < 4.78 is 14.6. The highest BCUT2D eigenvalue weighted by Gasteiger charge is 2.36.